The lowest BCUT2D eigenvalue weighted by atomic mass is 10.2. The van der Waals surface area contributed by atoms with Crippen LogP contribution >= 0.6 is 0 Å². The molecule has 0 bridgehead atoms. The number of ether oxygens (including phenoxy) is 1. The number of fused-ring (bicyclic) bond motifs is 1. The molecule has 1 aliphatic rings. The predicted molar refractivity (Wildman–Crippen MR) is 106 cm³/mol. The molecule has 0 radical (unpaired) electrons. The summed E-state index contributed by atoms with van der Waals surface area (Å²) in [6.45, 7) is 9.45. The molecular formula is C20H28N4O4. The molecule has 152 valence electrons. The topological polar surface area (TPSA) is 87.8 Å². The van der Waals surface area contributed by atoms with Crippen molar-refractivity contribution < 1.29 is 19.2 Å². The third-order valence-corrected chi connectivity index (χ3v) is 4.50. The summed E-state index contributed by atoms with van der Waals surface area (Å²) in [6.07, 6.45) is 1.73. The van der Waals surface area contributed by atoms with Crippen molar-refractivity contribution in [3.8, 4) is 0 Å². The molecule has 8 heteroatoms. The first-order valence-electron chi connectivity index (χ1n) is 9.61. The van der Waals surface area contributed by atoms with Gasteiger partial charge in [0.2, 0.25) is 6.41 Å². The van der Waals surface area contributed by atoms with Gasteiger partial charge in [0.1, 0.15) is 12.2 Å². The molecule has 1 atom stereocenters. The molecule has 1 unspecified atom stereocenters. The van der Waals surface area contributed by atoms with E-state index in [9.17, 15) is 9.59 Å². The highest BCUT2D eigenvalue weighted by Crippen LogP contribution is 2.27. The zero-order valence-electron chi connectivity index (χ0n) is 16.9. The Labute approximate surface area is 164 Å². The monoisotopic (exact) mass is 388 g/mol. The van der Waals surface area contributed by atoms with Gasteiger partial charge in [-0.1, -0.05) is 0 Å². The van der Waals surface area contributed by atoms with Crippen LogP contribution in [0.25, 0.3) is 11.0 Å². The van der Waals surface area contributed by atoms with Gasteiger partial charge in [0.15, 0.2) is 0 Å². The average Bonchev–Trinajstić information content (AvgIpc) is 3.24. The average molecular weight is 388 g/mol. The first kappa shape index (κ1) is 20.1. The number of nitrogens with zero attached hydrogens (tertiary/aromatic N) is 3. The fourth-order valence-corrected chi connectivity index (χ4v) is 3.36. The molecule has 8 nitrogen and oxygen atoms in total. The van der Waals surface area contributed by atoms with Crippen LogP contribution in [0, 0.1) is 0 Å². The van der Waals surface area contributed by atoms with Gasteiger partial charge < -0.3 is 14.6 Å². The zero-order valence-corrected chi connectivity index (χ0v) is 16.9. The molecule has 2 heterocycles. The number of esters is 1. The van der Waals surface area contributed by atoms with Crippen LogP contribution in [0.3, 0.4) is 0 Å². The molecule has 1 aromatic carbocycles. The minimum Gasteiger partial charge on any atom is -0.466 e. The Morgan fingerprint density at radius 2 is 2.21 bits per heavy atom. The van der Waals surface area contributed by atoms with Gasteiger partial charge in [0.05, 0.1) is 29.3 Å². The van der Waals surface area contributed by atoms with E-state index in [0.29, 0.717) is 19.0 Å². The van der Waals surface area contributed by atoms with Crippen LogP contribution in [0.5, 0.6) is 0 Å². The number of carbonyl (C=O) groups is 2. The summed E-state index contributed by atoms with van der Waals surface area (Å²) >= 11 is 0. The van der Waals surface area contributed by atoms with Crippen LogP contribution in [-0.2, 0) is 25.6 Å². The smallest absolute Gasteiger partial charge is 0.313 e. The standard InChI is InChI=1S/C20H28N4O4/c1-5-27-19(26)11-18-21-16-7-6-14(10-17(16)22-18)23-9-8-15(12-23)24(13-25)28-20(2,3)4/h6-7,10,13,15H,5,8-9,11-12H2,1-4H3,(H,21,22). The maximum absolute atomic E-state index is 11.7. The molecule has 2 aromatic rings. The van der Waals surface area contributed by atoms with Crippen molar-refractivity contribution in [1.82, 2.24) is 15.0 Å². The Morgan fingerprint density at radius 3 is 2.89 bits per heavy atom. The van der Waals surface area contributed by atoms with Crippen LogP contribution in [0.4, 0.5) is 5.69 Å². The number of rotatable bonds is 7. The third kappa shape index (κ3) is 4.81. The number of H-pyrrole nitrogens is 1. The number of hydrogen-bond donors (Lipinski definition) is 1. The van der Waals surface area contributed by atoms with Crippen molar-refractivity contribution in [2.45, 2.75) is 52.2 Å². The molecule has 28 heavy (non-hydrogen) atoms. The van der Waals surface area contributed by atoms with Gasteiger partial charge in [-0.2, -0.15) is 0 Å². The Kier molecular flexibility index (Phi) is 5.88. The van der Waals surface area contributed by atoms with E-state index in [0.717, 1.165) is 36.1 Å². The van der Waals surface area contributed by atoms with Gasteiger partial charge in [-0.3, -0.25) is 14.4 Å². The Morgan fingerprint density at radius 1 is 1.43 bits per heavy atom. The number of hydrogen-bond acceptors (Lipinski definition) is 6. The van der Waals surface area contributed by atoms with Gasteiger partial charge in [0, 0.05) is 18.8 Å². The highest BCUT2D eigenvalue weighted by molar-refractivity contribution is 5.81. The summed E-state index contributed by atoms with van der Waals surface area (Å²) in [5.41, 5.74) is 2.31. The number of anilines is 1. The second-order valence-corrected chi connectivity index (χ2v) is 7.92. The van der Waals surface area contributed by atoms with E-state index < -0.39 is 5.60 Å². The zero-order chi connectivity index (χ0) is 20.3. The van der Waals surface area contributed by atoms with Gasteiger partial charge in [-0.05, 0) is 52.3 Å². The van der Waals surface area contributed by atoms with E-state index in [2.05, 4.69) is 14.9 Å². The fraction of sp³-hybridized carbons (Fsp3) is 0.550. The number of imidazole rings is 1. The van der Waals surface area contributed by atoms with E-state index in [1.165, 1.54) is 5.06 Å². The van der Waals surface area contributed by atoms with Crippen LogP contribution in [0.2, 0.25) is 0 Å². The van der Waals surface area contributed by atoms with Gasteiger partial charge >= 0.3 is 5.97 Å². The van der Waals surface area contributed by atoms with Gasteiger partial charge in [-0.25, -0.2) is 10.0 Å². The molecule has 0 aliphatic carbocycles. The van der Waals surface area contributed by atoms with Gasteiger partial charge in [-0.15, -0.1) is 0 Å². The lowest BCUT2D eigenvalue weighted by Crippen LogP contribution is -2.41. The first-order chi connectivity index (χ1) is 13.3. The van der Waals surface area contributed by atoms with E-state index in [-0.39, 0.29) is 18.4 Å². The van der Waals surface area contributed by atoms with E-state index >= 15 is 0 Å². The molecule has 1 N–H and O–H groups in total. The summed E-state index contributed by atoms with van der Waals surface area (Å²) in [4.78, 5) is 38.7. The molecule has 1 saturated heterocycles. The summed E-state index contributed by atoms with van der Waals surface area (Å²) < 4.78 is 4.97. The Balaban J connectivity index is 1.70. The van der Waals surface area contributed by atoms with Crippen LogP contribution in [-0.4, -0.2) is 58.7 Å². The Hall–Kier alpha value is -2.61. The lowest BCUT2D eigenvalue weighted by molar-refractivity contribution is -0.229. The van der Waals surface area contributed by atoms with E-state index in [1.807, 2.05) is 39.0 Å². The second-order valence-electron chi connectivity index (χ2n) is 7.92. The maximum atomic E-state index is 11.7. The summed E-state index contributed by atoms with van der Waals surface area (Å²) in [5, 5.41) is 1.44. The Bertz CT molecular complexity index is 842. The number of aromatic nitrogens is 2. The third-order valence-electron chi connectivity index (χ3n) is 4.50. The van der Waals surface area contributed by atoms with Crippen molar-refractivity contribution in [2.24, 2.45) is 0 Å². The summed E-state index contributed by atoms with van der Waals surface area (Å²) in [6, 6.07) is 5.98. The van der Waals surface area contributed by atoms with E-state index in [4.69, 9.17) is 9.57 Å². The number of carbonyl (C=O) groups excluding carboxylic acids is 2. The fourth-order valence-electron chi connectivity index (χ4n) is 3.36. The van der Waals surface area contributed by atoms with Crippen molar-refractivity contribution in [2.75, 3.05) is 24.6 Å². The number of nitrogens with one attached hydrogen (secondary N) is 1. The highest BCUT2D eigenvalue weighted by atomic mass is 16.7. The highest BCUT2D eigenvalue weighted by Gasteiger charge is 2.30. The van der Waals surface area contributed by atoms with Gasteiger partial charge in [0.25, 0.3) is 0 Å². The molecule has 3 rings (SSSR count). The molecule has 1 fully saturated rings. The lowest BCUT2D eigenvalue weighted by Gasteiger charge is -2.31. The van der Waals surface area contributed by atoms with E-state index in [1.54, 1.807) is 6.92 Å². The van der Waals surface area contributed by atoms with Crippen molar-refractivity contribution in [1.29, 1.82) is 0 Å². The molecule has 1 amide bonds. The number of benzene rings is 1. The number of aromatic amines is 1. The summed E-state index contributed by atoms with van der Waals surface area (Å²) in [7, 11) is 0. The maximum Gasteiger partial charge on any atom is 0.313 e. The minimum absolute atomic E-state index is 0.00793. The first-order valence-corrected chi connectivity index (χ1v) is 9.61. The number of hydroxylamine groups is 2. The van der Waals surface area contributed by atoms with Crippen LogP contribution < -0.4 is 4.90 Å². The normalized spacial score (nSPS) is 17.1. The minimum atomic E-state index is -0.418. The molecular weight excluding hydrogens is 360 g/mol. The van der Waals surface area contributed by atoms with Crippen LogP contribution in [0.1, 0.15) is 39.9 Å². The van der Waals surface area contributed by atoms with Crippen molar-refractivity contribution >= 4 is 29.1 Å². The van der Waals surface area contributed by atoms with Crippen molar-refractivity contribution in [3.63, 3.8) is 0 Å². The second kappa shape index (κ2) is 8.18. The number of amides is 1. The predicted octanol–water partition coefficient (Wildman–Crippen LogP) is 2.44. The molecule has 1 aromatic heterocycles. The summed E-state index contributed by atoms with van der Waals surface area (Å²) in [5.74, 6) is 0.299. The SMILES string of the molecule is CCOC(=O)Cc1nc2ccc(N3CCC(N(C=O)OC(C)(C)C)C3)cc2[nH]1. The van der Waals surface area contributed by atoms with Crippen molar-refractivity contribution in [3.05, 3.63) is 24.0 Å². The van der Waals surface area contributed by atoms with Crippen LogP contribution in [0.15, 0.2) is 18.2 Å². The quantitative estimate of drug-likeness (QED) is 0.445. The molecule has 0 spiro atoms. The molecule has 0 saturated carbocycles. The molecule has 1 aliphatic heterocycles. The largest absolute Gasteiger partial charge is 0.466 e.